The van der Waals surface area contributed by atoms with E-state index in [0.717, 1.165) is 6.08 Å². The van der Waals surface area contributed by atoms with Crippen LogP contribution in [0.4, 0.5) is 17.6 Å². The molecule has 0 N–H and O–H groups in total. The van der Waals surface area contributed by atoms with Gasteiger partial charge in [0.2, 0.25) is 0 Å². The first-order valence-corrected chi connectivity index (χ1v) is 8.79. The predicted molar refractivity (Wildman–Crippen MR) is 103 cm³/mol. The smallest absolute Gasteiger partial charge is 0.399 e. The van der Waals surface area contributed by atoms with Crippen molar-refractivity contribution in [1.29, 1.82) is 0 Å². The van der Waals surface area contributed by atoms with E-state index in [1.807, 2.05) is 0 Å². The van der Waals surface area contributed by atoms with Gasteiger partial charge in [-0.05, 0) is 61.2 Å². The van der Waals surface area contributed by atoms with E-state index in [2.05, 4.69) is 4.74 Å². The number of aryl methyl sites for hydroxylation is 2. The molecule has 0 saturated carbocycles. The third kappa shape index (κ3) is 7.72. The van der Waals surface area contributed by atoms with Crippen LogP contribution in [0.2, 0.25) is 5.02 Å². The van der Waals surface area contributed by atoms with Gasteiger partial charge in [0, 0.05) is 5.02 Å². The Morgan fingerprint density at radius 2 is 1.82 bits per heavy atom. The number of rotatable bonds is 5. The van der Waals surface area contributed by atoms with Crippen molar-refractivity contribution in [2.45, 2.75) is 32.9 Å². The number of carbonyl (C=O) groups is 1. The highest BCUT2D eigenvalue weighted by Crippen LogP contribution is 2.37. The third-order valence-electron chi connectivity index (χ3n) is 3.69. The molecular weight excluding hydrogens is 396 g/mol. The van der Waals surface area contributed by atoms with Crippen LogP contribution in [0.1, 0.15) is 35.1 Å². The molecule has 2 aromatic rings. The van der Waals surface area contributed by atoms with Gasteiger partial charge in [0.15, 0.2) is 0 Å². The molecule has 0 amide bonds. The molecule has 0 fully saturated rings. The average Bonchev–Trinajstić information content (AvgIpc) is 2.57. The summed E-state index contributed by atoms with van der Waals surface area (Å²) in [6, 6.07) is 8.66. The molecule has 0 heterocycles. The Labute approximate surface area is 166 Å². The first-order chi connectivity index (χ1) is 13.1. The van der Waals surface area contributed by atoms with Crippen molar-refractivity contribution in [3.8, 4) is 0 Å². The molecule has 0 aliphatic heterocycles. The molecule has 2 nitrogen and oxygen atoms in total. The summed E-state index contributed by atoms with van der Waals surface area (Å²) in [7, 11) is 0. The second-order valence-corrected chi connectivity index (χ2v) is 6.44. The van der Waals surface area contributed by atoms with Gasteiger partial charge < -0.3 is 4.74 Å². The number of alkyl halides is 3. The number of halogens is 5. The highest BCUT2D eigenvalue weighted by atomic mass is 35.5. The molecule has 2 aromatic carbocycles. The van der Waals surface area contributed by atoms with Crippen molar-refractivity contribution in [2.24, 2.45) is 0 Å². The maximum Gasteiger partial charge on any atom is 0.399 e. The largest absolute Gasteiger partial charge is 0.468 e. The summed E-state index contributed by atoms with van der Waals surface area (Å²) >= 11 is 5.86. The Morgan fingerprint density at radius 1 is 1.14 bits per heavy atom. The molecule has 0 aromatic heterocycles. The number of carbonyl (C=O) groups excluding carboxylic acids is 1. The zero-order chi connectivity index (χ0) is 21.3. The van der Waals surface area contributed by atoms with Crippen LogP contribution in [0.15, 0.2) is 42.5 Å². The van der Waals surface area contributed by atoms with Crippen LogP contribution < -0.4 is 0 Å². The molecule has 28 heavy (non-hydrogen) atoms. The standard InChI is InChI=1S/C18H15ClF4.C3H6O2/c1-11-7-14(10-15(19)8-11)16(18(21,22)23)6-5-13-4-3-12(2)17(20)9-13;1-2-5-3-4/h3-10,16H,1-2H3;3H,2H2,1H3/b6-5+;. The van der Waals surface area contributed by atoms with Gasteiger partial charge in [-0.1, -0.05) is 42.0 Å². The van der Waals surface area contributed by atoms with Crippen LogP contribution in [0.25, 0.3) is 6.08 Å². The number of hydrogen-bond donors (Lipinski definition) is 0. The van der Waals surface area contributed by atoms with Gasteiger partial charge in [0.25, 0.3) is 6.47 Å². The van der Waals surface area contributed by atoms with Gasteiger partial charge in [0.05, 0.1) is 12.5 Å². The summed E-state index contributed by atoms with van der Waals surface area (Å²) in [6.45, 7) is 5.94. The van der Waals surface area contributed by atoms with Crippen molar-refractivity contribution in [1.82, 2.24) is 0 Å². The molecule has 0 aliphatic rings. The van der Waals surface area contributed by atoms with Crippen LogP contribution in [-0.2, 0) is 9.53 Å². The fourth-order valence-electron chi connectivity index (χ4n) is 2.34. The minimum absolute atomic E-state index is 0.0614. The van der Waals surface area contributed by atoms with E-state index in [0.29, 0.717) is 29.8 Å². The van der Waals surface area contributed by atoms with E-state index >= 15 is 0 Å². The zero-order valence-electron chi connectivity index (χ0n) is 15.7. The van der Waals surface area contributed by atoms with Crippen molar-refractivity contribution >= 4 is 24.1 Å². The van der Waals surface area contributed by atoms with Crippen molar-refractivity contribution in [2.75, 3.05) is 6.61 Å². The molecule has 0 spiro atoms. The Morgan fingerprint density at radius 3 is 2.29 bits per heavy atom. The zero-order valence-corrected chi connectivity index (χ0v) is 16.4. The summed E-state index contributed by atoms with van der Waals surface area (Å²) in [6.07, 6.45) is -2.16. The number of ether oxygens (including phenoxy) is 1. The number of benzene rings is 2. The van der Waals surface area contributed by atoms with Gasteiger partial charge in [-0.15, -0.1) is 0 Å². The van der Waals surface area contributed by atoms with Crippen LogP contribution >= 0.6 is 11.6 Å². The SMILES string of the molecule is CCOC=O.Cc1cc(Cl)cc(C(/C=C/c2ccc(C)c(F)c2)C(F)(F)F)c1. The Kier molecular flexibility index (Phi) is 9.19. The molecule has 152 valence electrons. The fourth-order valence-corrected chi connectivity index (χ4v) is 2.64. The molecule has 0 bridgehead atoms. The summed E-state index contributed by atoms with van der Waals surface area (Å²) < 4.78 is 57.7. The predicted octanol–water partition coefficient (Wildman–Crippen LogP) is 6.63. The van der Waals surface area contributed by atoms with Gasteiger partial charge >= 0.3 is 6.18 Å². The number of allylic oxidation sites excluding steroid dienone is 1. The molecule has 7 heteroatoms. The van der Waals surface area contributed by atoms with Gasteiger partial charge in [0.1, 0.15) is 5.82 Å². The van der Waals surface area contributed by atoms with Gasteiger partial charge in [-0.3, -0.25) is 4.79 Å². The van der Waals surface area contributed by atoms with Gasteiger partial charge in [-0.2, -0.15) is 13.2 Å². The highest BCUT2D eigenvalue weighted by molar-refractivity contribution is 6.30. The topological polar surface area (TPSA) is 26.3 Å². The minimum Gasteiger partial charge on any atom is -0.468 e. The quantitative estimate of drug-likeness (QED) is 0.403. The van der Waals surface area contributed by atoms with E-state index in [9.17, 15) is 22.4 Å². The summed E-state index contributed by atoms with van der Waals surface area (Å²) in [4.78, 5) is 9.18. The first-order valence-electron chi connectivity index (χ1n) is 8.41. The lowest BCUT2D eigenvalue weighted by atomic mass is 9.95. The van der Waals surface area contributed by atoms with Crippen molar-refractivity contribution in [3.63, 3.8) is 0 Å². The van der Waals surface area contributed by atoms with Crippen molar-refractivity contribution in [3.05, 3.63) is 75.6 Å². The first kappa shape index (κ1) is 23.7. The molecule has 2 rings (SSSR count). The van der Waals surface area contributed by atoms with E-state index < -0.39 is 17.9 Å². The van der Waals surface area contributed by atoms with Crippen LogP contribution in [0.3, 0.4) is 0 Å². The lowest BCUT2D eigenvalue weighted by molar-refractivity contribution is -0.139. The summed E-state index contributed by atoms with van der Waals surface area (Å²) in [5.41, 5.74) is 1.53. The Bertz CT molecular complexity index is 796. The molecule has 1 unspecified atom stereocenters. The van der Waals surface area contributed by atoms with Crippen molar-refractivity contribution < 1.29 is 27.1 Å². The summed E-state index contributed by atoms with van der Waals surface area (Å²) in [5.74, 6) is -2.25. The van der Waals surface area contributed by atoms with E-state index in [4.69, 9.17) is 11.6 Å². The second kappa shape index (κ2) is 10.9. The molecule has 1 atom stereocenters. The molecule has 0 radical (unpaired) electrons. The van der Waals surface area contributed by atoms with Gasteiger partial charge in [-0.25, -0.2) is 4.39 Å². The second-order valence-electron chi connectivity index (χ2n) is 6.00. The Hall–Kier alpha value is -2.34. The monoisotopic (exact) mass is 416 g/mol. The minimum atomic E-state index is -4.46. The average molecular weight is 417 g/mol. The molecular formula is C21H21ClF4O2. The Balaban J connectivity index is 0.000000696. The number of hydrogen-bond acceptors (Lipinski definition) is 2. The van der Waals surface area contributed by atoms with Crippen LogP contribution in [-0.4, -0.2) is 19.3 Å². The van der Waals surface area contributed by atoms with E-state index in [1.165, 1.54) is 30.3 Å². The fraction of sp³-hybridized carbons (Fsp3) is 0.286. The third-order valence-corrected chi connectivity index (χ3v) is 3.91. The van der Waals surface area contributed by atoms with Crippen LogP contribution in [0, 0.1) is 19.7 Å². The normalized spacial score (nSPS) is 12.3. The van der Waals surface area contributed by atoms with E-state index in [-0.39, 0.29) is 10.6 Å². The highest BCUT2D eigenvalue weighted by Gasteiger charge is 2.39. The maximum atomic E-state index is 13.5. The molecule has 0 saturated heterocycles. The van der Waals surface area contributed by atoms with E-state index in [1.54, 1.807) is 32.9 Å². The lowest BCUT2D eigenvalue weighted by Crippen LogP contribution is -2.19. The van der Waals surface area contributed by atoms with Crippen LogP contribution in [0.5, 0.6) is 0 Å². The lowest BCUT2D eigenvalue weighted by Gasteiger charge is -2.18. The summed E-state index contributed by atoms with van der Waals surface area (Å²) in [5, 5.41) is 0.254. The maximum absolute atomic E-state index is 13.5. The molecule has 0 aliphatic carbocycles.